The van der Waals surface area contributed by atoms with Crippen LogP contribution in [0.3, 0.4) is 0 Å². The van der Waals surface area contributed by atoms with Gasteiger partial charge in [0.15, 0.2) is 5.16 Å². The monoisotopic (exact) mass is 457 g/mol. The number of amides is 2. The zero-order valence-corrected chi connectivity index (χ0v) is 19.2. The molecule has 3 rings (SSSR count). The second kappa shape index (κ2) is 10.5. The molecule has 0 atom stereocenters. The molecule has 7 nitrogen and oxygen atoms in total. The van der Waals surface area contributed by atoms with Crippen LogP contribution in [0.4, 0.5) is 11.4 Å². The highest BCUT2D eigenvalue weighted by molar-refractivity contribution is 7.99. The van der Waals surface area contributed by atoms with Crippen LogP contribution in [0.15, 0.2) is 47.6 Å². The SMILES string of the molecule is CCc1ccccc1NC(=O)Cc1nnc(SCC(=O)Nc2ccc(Cl)cc2C)n1C. The zero-order chi connectivity index (χ0) is 22.4. The molecule has 3 aromatic rings. The number of thioether (sulfide) groups is 1. The van der Waals surface area contributed by atoms with Gasteiger partial charge in [0.25, 0.3) is 0 Å². The number of para-hydroxylation sites is 1. The molecule has 162 valence electrons. The van der Waals surface area contributed by atoms with E-state index in [1.807, 2.05) is 38.1 Å². The van der Waals surface area contributed by atoms with E-state index in [0.29, 0.717) is 16.0 Å². The normalized spacial score (nSPS) is 10.7. The Bertz CT molecular complexity index is 1100. The van der Waals surface area contributed by atoms with Crippen LogP contribution < -0.4 is 10.6 Å². The fraction of sp³-hybridized carbons (Fsp3) is 0.273. The number of nitrogens with one attached hydrogen (secondary N) is 2. The number of nitrogens with zero attached hydrogens (tertiary/aromatic N) is 3. The molecule has 0 spiro atoms. The van der Waals surface area contributed by atoms with E-state index in [0.717, 1.165) is 28.9 Å². The zero-order valence-electron chi connectivity index (χ0n) is 17.6. The van der Waals surface area contributed by atoms with Crippen molar-refractivity contribution >= 4 is 46.6 Å². The first-order chi connectivity index (χ1) is 14.9. The lowest BCUT2D eigenvalue weighted by Gasteiger charge is -2.10. The maximum Gasteiger partial charge on any atom is 0.234 e. The molecular weight excluding hydrogens is 434 g/mol. The van der Waals surface area contributed by atoms with Gasteiger partial charge in [0.2, 0.25) is 11.8 Å². The molecule has 0 unspecified atom stereocenters. The second-order valence-corrected chi connectivity index (χ2v) is 8.37. The third-order valence-corrected chi connectivity index (χ3v) is 5.97. The van der Waals surface area contributed by atoms with Crippen molar-refractivity contribution in [1.29, 1.82) is 0 Å². The summed E-state index contributed by atoms with van der Waals surface area (Å²) in [4.78, 5) is 24.8. The van der Waals surface area contributed by atoms with Crippen LogP contribution in [0.5, 0.6) is 0 Å². The van der Waals surface area contributed by atoms with Gasteiger partial charge in [-0.15, -0.1) is 10.2 Å². The smallest absolute Gasteiger partial charge is 0.234 e. The fourth-order valence-electron chi connectivity index (χ4n) is 3.00. The van der Waals surface area contributed by atoms with Crippen LogP contribution >= 0.6 is 23.4 Å². The van der Waals surface area contributed by atoms with E-state index in [1.165, 1.54) is 11.8 Å². The van der Waals surface area contributed by atoms with Crippen molar-refractivity contribution in [2.75, 3.05) is 16.4 Å². The molecule has 0 aliphatic rings. The summed E-state index contributed by atoms with van der Waals surface area (Å²) >= 11 is 7.21. The minimum Gasteiger partial charge on any atom is -0.325 e. The van der Waals surface area contributed by atoms with Crippen molar-refractivity contribution in [2.45, 2.75) is 31.8 Å². The van der Waals surface area contributed by atoms with Crippen LogP contribution in [0.1, 0.15) is 23.9 Å². The minimum absolute atomic E-state index is 0.0955. The van der Waals surface area contributed by atoms with E-state index in [-0.39, 0.29) is 24.0 Å². The lowest BCUT2D eigenvalue weighted by molar-refractivity contribution is -0.116. The molecule has 9 heteroatoms. The molecule has 0 radical (unpaired) electrons. The highest BCUT2D eigenvalue weighted by atomic mass is 35.5. The average molecular weight is 458 g/mol. The summed E-state index contributed by atoms with van der Waals surface area (Å²) in [6.45, 7) is 3.93. The molecule has 1 aromatic heterocycles. The van der Waals surface area contributed by atoms with E-state index in [9.17, 15) is 9.59 Å². The predicted molar refractivity (Wildman–Crippen MR) is 125 cm³/mol. The lowest BCUT2D eigenvalue weighted by Crippen LogP contribution is -2.18. The first-order valence-corrected chi connectivity index (χ1v) is 11.2. The van der Waals surface area contributed by atoms with Crippen LogP contribution in [0, 0.1) is 6.92 Å². The van der Waals surface area contributed by atoms with Crippen molar-refractivity contribution in [3.8, 4) is 0 Å². The third kappa shape index (κ3) is 6.08. The number of halogens is 1. The third-order valence-electron chi connectivity index (χ3n) is 4.71. The number of hydrogen-bond donors (Lipinski definition) is 2. The van der Waals surface area contributed by atoms with E-state index >= 15 is 0 Å². The Kier molecular flexibility index (Phi) is 7.70. The number of aromatic nitrogens is 3. The summed E-state index contributed by atoms with van der Waals surface area (Å²) in [5, 5.41) is 15.2. The summed E-state index contributed by atoms with van der Waals surface area (Å²) < 4.78 is 1.73. The molecule has 2 amide bonds. The van der Waals surface area contributed by atoms with Crippen molar-refractivity contribution < 1.29 is 9.59 Å². The highest BCUT2D eigenvalue weighted by Crippen LogP contribution is 2.21. The van der Waals surface area contributed by atoms with E-state index in [1.54, 1.807) is 29.8 Å². The molecular formula is C22H24ClN5O2S. The molecule has 0 saturated carbocycles. The van der Waals surface area contributed by atoms with Gasteiger partial charge in [0, 0.05) is 23.4 Å². The first kappa shape index (κ1) is 22.8. The van der Waals surface area contributed by atoms with Gasteiger partial charge in [-0.1, -0.05) is 48.5 Å². The van der Waals surface area contributed by atoms with Crippen molar-refractivity contribution in [3.63, 3.8) is 0 Å². The lowest BCUT2D eigenvalue weighted by atomic mass is 10.1. The summed E-state index contributed by atoms with van der Waals surface area (Å²) in [5.74, 6) is 0.380. The Morgan fingerprint density at radius 3 is 2.55 bits per heavy atom. The summed E-state index contributed by atoms with van der Waals surface area (Å²) in [6.07, 6.45) is 0.928. The van der Waals surface area contributed by atoms with Crippen LogP contribution in [-0.2, 0) is 29.5 Å². The molecule has 0 saturated heterocycles. The molecule has 2 aromatic carbocycles. The fourth-order valence-corrected chi connectivity index (χ4v) is 3.95. The predicted octanol–water partition coefficient (Wildman–Crippen LogP) is 4.25. The Morgan fingerprint density at radius 2 is 1.81 bits per heavy atom. The molecule has 0 aliphatic carbocycles. The van der Waals surface area contributed by atoms with Gasteiger partial charge in [-0.05, 0) is 48.7 Å². The number of carbonyl (C=O) groups is 2. The Morgan fingerprint density at radius 1 is 1.06 bits per heavy atom. The van der Waals surface area contributed by atoms with Crippen LogP contribution in [-0.4, -0.2) is 32.3 Å². The first-order valence-electron chi connectivity index (χ1n) is 9.82. The summed E-state index contributed by atoms with van der Waals surface area (Å²) in [6, 6.07) is 13.0. The van der Waals surface area contributed by atoms with Gasteiger partial charge in [-0.2, -0.15) is 0 Å². The molecule has 0 aliphatic heterocycles. The van der Waals surface area contributed by atoms with Crippen LogP contribution in [0.25, 0.3) is 0 Å². The number of carbonyl (C=O) groups excluding carboxylic acids is 2. The maximum absolute atomic E-state index is 12.5. The number of rotatable bonds is 8. The minimum atomic E-state index is -0.163. The van der Waals surface area contributed by atoms with Gasteiger partial charge in [-0.3, -0.25) is 9.59 Å². The van der Waals surface area contributed by atoms with E-state index in [2.05, 4.69) is 20.8 Å². The van der Waals surface area contributed by atoms with Gasteiger partial charge in [0.05, 0.1) is 12.2 Å². The van der Waals surface area contributed by atoms with Gasteiger partial charge in [0.1, 0.15) is 5.82 Å². The maximum atomic E-state index is 12.5. The molecule has 31 heavy (non-hydrogen) atoms. The molecule has 2 N–H and O–H groups in total. The van der Waals surface area contributed by atoms with Gasteiger partial charge in [-0.25, -0.2) is 0 Å². The van der Waals surface area contributed by atoms with Crippen LogP contribution in [0.2, 0.25) is 5.02 Å². The topological polar surface area (TPSA) is 88.9 Å². The number of benzene rings is 2. The largest absolute Gasteiger partial charge is 0.325 e. The van der Waals surface area contributed by atoms with Crippen molar-refractivity contribution in [3.05, 3.63) is 64.4 Å². The summed E-state index contributed by atoms with van der Waals surface area (Å²) in [7, 11) is 1.78. The van der Waals surface area contributed by atoms with E-state index < -0.39 is 0 Å². The molecule has 0 bridgehead atoms. The van der Waals surface area contributed by atoms with E-state index in [4.69, 9.17) is 11.6 Å². The Hall–Kier alpha value is -2.84. The van der Waals surface area contributed by atoms with Gasteiger partial charge >= 0.3 is 0 Å². The number of anilines is 2. The number of aryl methyl sites for hydroxylation is 2. The molecule has 0 fully saturated rings. The van der Waals surface area contributed by atoms with Crippen molar-refractivity contribution in [2.24, 2.45) is 7.05 Å². The number of hydrogen-bond acceptors (Lipinski definition) is 5. The Balaban J connectivity index is 1.56. The molecule has 1 heterocycles. The summed E-state index contributed by atoms with van der Waals surface area (Å²) in [5.41, 5.74) is 3.49. The Labute approximate surface area is 190 Å². The standard InChI is InChI=1S/C22H24ClN5O2S/c1-4-15-7-5-6-8-18(15)25-20(29)12-19-26-27-22(28(19)3)31-13-21(30)24-17-10-9-16(23)11-14(17)2/h5-11H,4,12-13H2,1-3H3,(H,24,30)(H,25,29). The quantitative estimate of drug-likeness (QED) is 0.493. The average Bonchev–Trinajstić information content (AvgIpc) is 3.08. The second-order valence-electron chi connectivity index (χ2n) is 6.99. The van der Waals surface area contributed by atoms with Gasteiger partial charge < -0.3 is 15.2 Å². The highest BCUT2D eigenvalue weighted by Gasteiger charge is 2.15. The van der Waals surface area contributed by atoms with Crippen molar-refractivity contribution in [1.82, 2.24) is 14.8 Å².